The Morgan fingerprint density at radius 2 is 2.14 bits per heavy atom. The summed E-state index contributed by atoms with van der Waals surface area (Å²) in [5.41, 5.74) is 2.07. The van der Waals surface area contributed by atoms with Crippen molar-refractivity contribution >= 4 is 17.8 Å². The Morgan fingerprint density at radius 1 is 1.36 bits per heavy atom. The average Bonchev–Trinajstić information content (AvgIpc) is 2.72. The molecule has 0 spiro atoms. The van der Waals surface area contributed by atoms with Gasteiger partial charge in [-0.2, -0.15) is 0 Å². The van der Waals surface area contributed by atoms with E-state index in [1.807, 2.05) is 12.1 Å². The highest BCUT2D eigenvalue weighted by atomic mass is 16.2. The van der Waals surface area contributed by atoms with Crippen LogP contribution >= 0.6 is 0 Å². The van der Waals surface area contributed by atoms with Crippen molar-refractivity contribution in [3.8, 4) is 0 Å². The molecule has 0 saturated carbocycles. The van der Waals surface area contributed by atoms with Gasteiger partial charge in [-0.15, -0.1) is 0 Å². The highest BCUT2D eigenvalue weighted by molar-refractivity contribution is 6.05. The van der Waals surface area contributed by atoms with Gasteiger partial charge in [-0.25, -0.2) is 4.79 Å². The number of aromatic nitrogens is 1. The molecule has 3 rings (SSSR count). The zero-order valence-corrected chi connectivity index (χ0v) is 12.7. The molecule has 2 aliphatic rings. The first kappa shape index (κ1) is 14.5. The van der Waals surface area contributed by atoms with Gasteiger partial charge in [-0.1, -0.05) is 6.07 Å². The van der Waals surface area contributed by atoms with E-state index in [-0.39, 0.29) is 24.3 Å². The quantitative estimate of drug-likeness (QED) is 0.734. The third-order valence-corrected chi connectivity index (χ3v) is 4.36. The Kier molecular flexibility index (Phi) is 3.56. The molecule has 1 aromatic heterocycles. The van der Waals surface area contributed by atoms with Gasteiger partial charge in [0.25, 0.3) is 5.91 Å². The van der Waals surface area contributed by atoms with Crippen LogP contribution in [0.3, 0.4) is 0 Å². The van der Waals surface area contributed by atoms with Crippen LogP contribution in [0.15, 0.2) is 18.3 Å². The minimum absolute atomic E-state index is 0.0288. The second-order valence-corrected chi connectivity index (χ2v) is 5.69. The molecule has 1 aromatic rings. The van der Waals surface area contributed by atoms with Gasteiger partial charge >= 0.3 is 6.03 Å². The molecule has 0 radical (unpaired) electrons. The first-order valence-corrected chi connectivity index (χ1v) is 7.24. The van der Waals surface area contributed by atoms with Crippen LogP contribution in [0.2, 0.25) is 0 Å². The van der Waals surface area contributed by atoms with Crippen LogP contribution in [-0.2, 0) is 22.6 Å². The average molecular weight is 302 g/mol. The molecule has 0 bridgehead atoms. The summed E-state index contributed by atoms with van der Waals surface area (Å²) in [6, 6.07) is 2.76. The number of imide groups is 1. The zero-order chi connectivity index (χ0) is 15.9. The van der Waals surface area contributed by atoms with Gasteiger partial charge < -0.3 is 9.80 Å². The molecule has 2 aliphatic heterocycles. The van der Waals surface area contributed by atoms with Crippen LogP contribution in [0.5, 0.6) is 0 Å². The number of hydrogen-bond acceptors (Lipinski definition) is 4. The lowest BCUT2D eigenvalue weighted by molar-refractivity contribution is -0.137. The van der Waals surface area contributed by atoms with E-state index < -0.39 is 6.04 Å². The van der Waals surface area contributed by atoms with Crippen molar-refractivity contribution in [2.45, 2.75) is 25.4 Å². The maximum absolute atomic E-state index is 12.5. The molecule has 4 amide bonds. The molecule has 7 heteroatoms. The highest BCUT2D eigenvalue weighted by Gasteiger charge is 2.42. The van der Waals surface area contributed by atoms with Gasteiger partial charge in [-0.3, -0.25) is 19.5 Å². The molecule has 3 heterocycles. The fourth-order valence-electron chi connectivity index (χ4n) is 2.95. The van der Waals surface area contributed by atoms with Crippen LogP contribution in [-0.4, -0.2) is 64.2 Å². The molecule has 1 unspecified atom stereocenters. The smallest absolute Gasteiger partial charge is 0.326 e. The van der Waals surface area contributed by atoms with E-state index >= 15 is 0 Å². The summed E-state index contributed by atoms with van der Waals surface area (Å²) in [5, 5.41) is 0. The summed E-state index contributed by atoms with van der Waals surface area (Å²) in [7, 11) is 2.99. The van der Waals surface area contributed by atoms with Crippen molar-refractivity contribution in [2.24, 2.45) is 0 Å². The van der Waals surface area contributed by atoms with Crippen LogP contribution in [0, 0.1) is 0 Å². The van der Waals surface area contributed by atoms with Crippen LogP contribution in [0.1, 0.15) is 17.7 Å². The number of hydrogen-bond donors (Lipinski definition) is 0. The standard InChI is InChI=1S/C15H18N4O3/c1-17-12(14(21)18(2)15(17)22)8-13(20)19-7-5-11-10(9-19)4-3-6-16-11/h3-4,6,12H,5,7-9H2,1-2H3. The molecule has 0 aromatic carbocycles. The van der Waals surface area contributed by atoms with E-state index in [2.05, 4.69) is 4.98 Å². The minimum Gasteiger partial charge on any atom is -0.338 e. The SMILES string of the molecule is CN1C(=O)C(CC(=O)N2CCc3ncccc3C2)N(C)C1=O. The topological polar surface area (TPSA) is 73.8 Å². The van der Waals surface area contributed by atoms with E-state index in [0.717, 1.165) is 22.6 Å². The number of fused-ring (bicyclic) bond motifs is 1. The Balaban J connectivity index is 1.69. The first-order valence-electron chi connectivity index (χ1n) is 7.24. The number of carbonyl (C=O) groups excluding carboxylic acids is 3. The Bertz CT molecular complexity index is 645. The number of urea groups is 1. The molecule has 0 N–H and O–H groups in total. The third kappa shape index (κ3) is 2.32. The third-order valence-electron chi connectivity index (χ3n) is 4.36. The van der Waals surface area contributed by atoms with Gasteiger partial charge in [0.05, 0.1) is 6.42 Å². The Labute approximate surface area is 128 Å². The predicted octanol–water partition coefficient (Wildman–Crippen LogP) is 0.249. The van der Waals surface area contributed by atoms with Crippen molar-refractivity contribution in [1.82, 2.24) is 19.7 Å². The summed E-state index contributed by atoms with van der Waals surface area (Å²) < 4.78 is 0. The number of pyridine rings is 1. The monoisotopic (exact) mass is 302 g/mol. The lowest BCUT2D eigenvalue weighted by Gasteiger charge is -2.29. The lowest BCUT2D eigenvalue weighted by Crippen LogP contribution is -2.41. The van der Waals surface area contributed by atoms with Crippen molar-refractivity contribution in [3.63, 3.8) is 0 Å². The lowest BCUT2D eigenvalue weighted by atomic mass is 10.0. The van der Waals surface area contributed by atoms with E-state index in [1.165, 1.54) is 11.9 Å². The Hall–Kier alpha value is -2.44. The van der Waals surface area contributed by atoms with Crippen molar-refractivity contribution in [1.29, 1.82) is 0 Å². The number of nitrogens with zero attached hydrogens (tertiary/aromatic N) is 4. The fourth-order valence-corrected chi connectivity index (χ4v) is 2.95. The minimum atomic E-state index is -0.694. The first-order chi connectivity index (χ1) is 10.5. The molecule has 116 valence electrons. The molecule has 1 atom stereocenters. The van der Waals surface area contributed by atoms with Crippen LogP contribution in [0.25, 0.3) is 0 Å². The summed E-state index contributed by atoms with van der Waals surface area (Å²) in [5.74, 6) is -0.428. The largest absolute Gasteiger partial charge is 0.338 e. The Morgan fingerprint density at radius 3 is 2.82 bits per heavy atom. The maximum atomic E-state index is 12.5. The second-order valence-electron chi connectivity index (χ2n) is 5.69. The van der Waals surface area contributed by atoms with E-state index in [9.17, 15) is 14.4 Å². The molecule has 0 aliphatic carbocycles. The van der Waals surface area contributed by atoms with Gasteiger partial charge in [0.15, 0.2) is 0 Å². The molecule has 1 fully saturated rings. The molecule has 22 heavy (non-hydrogen) atoms. The zero-order valence-electron chi connectivity index (χ0n) is 12.7. The summed E-state index contributed by atoms with van der Waals surface area (Å²) in [6.45, 7) is 1.10. The van der Waals surface area contributed by atoms with Crippen LogP contribution < -0.4 is 0 Å². The van der Waals surface area contributed by atoms with Crippen molar-refractivity contribution in [3.05, 3.63) is 29.6 Å². The van der Waals surface area contributed by atoms with Crippen molar-refractivity contribution in [2.75, 3.05) is 20.6 Å². The number of amides is 4. The summed E-state index contributed by atoms with van der Waals surface area (Å²) in [6.07, 6.45) is 2.50. The van der Waals surface area contributed by atoms with E-state index in [1.54, 1.807) is 18.1 Å². The summed E-state index contributed by atoms with van der Waals surface area (Å²) >= 11 is 0. The van der Waals surface area contributed by atoms with Gasteiger partial charge in [0.2, 0.25) is 5.91 Å². The van der Waals surface area contributed by atoms with Crippen LogP contribution in [0.4, 0.5) is 4.79 Å². The predicted molar refractivity (Wildman–Crippen MR) is 77.7 cm³/mol. The molecule has 7 nitrogen and oxygen atoms in total. The highest BCUT2D eigenvalue weighted by Crippen LogP contribution is 2.21. The van der Waals surface area contributed by atoms with Gasteiger partial charge in [0.1, 0.15) is 6.04 Å². The number of likely N-dealkylation sites (N-methyl/N-ethyl adjacent to an activating group) is 2. The maximum Gasteiger partial charge on any atom is 0.326 e. The van der Waals surface area contributed by atoms with Crippen molar-refractivity contribution < 1.29 is 14.4 Å². The van der Waals surface area contributed by atoms with E-state index in [0.29, 0.717) is 13.1 Å². The number of rotatable bonds is 2. The second kappa shape index (κ2) is 5.40. The van der Waals surface area contributed by atoms with Gasteiger partial charge in [0, 0.05) is 45.5 Å². The molecule has 1 saturated heterocycles. The van der Waals surface area contributed by atoms with Gasteiger partial charge in [-0.05, 0) is 11.6 Å². The summed E-state index contributed by atoms with van der Waals surface area (Å²) in [4.78, 5) is 44.7. The number of carbonyl (C=O) groups is 3. The van der Waals surface area contributed by atoms with E-state index in [4.69, 9.17) is 0 Å². The fraction of sp³-hybridized carbons (Fsp3) is 0.467. The molecular weight excluding hydrogens is 284 g/mol. The normalized spacial score (nSPS) is 21.4. The molecular formula is C15H18N4O3.